The van der Waals surface area contributed by atoms with Gasteiger partial charge in [-0.15, -0.1) is 0 Å². The number of aliphatic hydroxyl groups is 1. The zero-order chi connectivity index (χ0) is 19.2. The van der Waals surface area contributed by atoms with Crippen LogP contribution in [0, 0.1) is 0 Å². The van der Waals surface area contributed by atoms with Crippen molar-refractivity contribution in [1.82, 2.24) is 5.32 Å². The van der Waals surface area contributed by atoms with E-state index in [1.807, 2.05) is 49.4 Å². The topological polar surface area (TPSA) is 79.8 Å². The number of rotatable bonds is 8. The summed E-state index contributed by atoms with van der Waals surface area (Å²) in [5.41, 5.74) is 2.56. The number of nitrogens with one attached hydrogen (secondary N) is 2. The van der Waals surface area contributed by atoms with E-state index >= 15 is 0 Å². The second-order valence-corrected chi connectivity index (χ2v) is 6.72. The number of carbonyl (C=O) groups is 1. The Labute approximate surface area is 159 Å². The first-order valence-electron chi connectivity index (χ1n) is 9.17. The van der Waals surface area contributed by atoms with E-state index < -0.39 is 6.10 Å². The Hall–Kier alpha value is -2.57. The van der Waals surface area contributed by atoms with E-state index in [9.17, 15) is 9.90 Å². The van der Waals surface area contributed by atoms with Crippen molar-refractivity contribution >= 4 is 11.6 Å². The predicted octanol–water partition coefficient (Wildman–Crippen LogP) is 2.67. The molecule has 6 heteroatoms. The van der Waals surface area contributed by atoms with Gasteiger partial charge in [-0.25, -0.2) is 0 Å². The number of aryl methyl sites for hydroxylation is 1. The highest BCUT2D eigenvalue weighted by Crippen LogP contribution is 2.30. The fourth-order valence-corrected chi connectivity index (χ4v) is 3.14. The fraction of sp³-hybridized carbons (Fsp3) is 0.381. The van der Waals surface area contributed by atoms with Gasteiger partial charge in [0.25, 0.3) is 0 Å². The summed E-state index contributed by atoms with van der Waals surface area (Å²) in [7, 11) is 1.61. The molecule has 6 nitrogen and oxygen atoms in total. The van der Waals surface area contributed by atoms with Crippen LogP contribution in [-0.4, -0.2) is 37.3 Å². The van der Waals surface area contributed by atoms with Gasteiger partial charge in [0.05, 0.1) is 13.2 Å². The number of hydrogen-bond acceptors (Lipinski definition) is 5. The zero-order valence-corrected chi connectivity index (χ0v) is 15.7. The molecule has 2 atom stereocenters. The van der Waals surface area contributed by atoms with Crippen LogP contribution in [0.4, 0.5) is 5.69 Å². The summed E-state index contributed by atoms with van der Waals surface area (Å²) in [5.74, 6) is 1.37. The molecule has 2 unspecified atom stereocenters. The summed E-state index contributed by atoms with van der Waals surface area (Å²) in [5, 5.41) is 16.8. The van der Waals surface area contributed by atoms with E-state index in [-0.39, 0.29) is 11.9 Å². The Kier molecular flexibility index (Phi) is 6.32. The van der Waals surface area contributed by atoms with Crippen molar-refractivity contribution in [1.29, 1.82) is 0 Å². The summed E-state index contributed by atoms with van der Waals surface area (Å²) in [6, 6.07) is 13.3. The molecule has 0 spiro atoms. The number of aliphatic hydroxyl groups excluding tert-OH is 1. The molecule has 1 aliphatic heterocycles. The molecule has 2 aromatic rings. The highest BCUT2D eigenvalue weighted by atomic mass is 16.5. The first-order chi connectivity index (χ1) is 13.1. The molecule has 0 saturated heterocycles. The van der Waals surface area contributed by atoms with Crippen LogP contribution in [0.5, 0.6) is 11.5 Å². The largest absolute Gasteiger partial charge is 0.493 e. The SMILES string of the molecule is COc1ccccc1OCC(C)NCC(O)c1cccc2c1NC(=O)CC2. The van der Waals surface area contributed by atoms with Gasteiger partial charge in [0.1, 0.15) is 6.61 Å². The number of benzene rings is 2. The molecule has 0 radical (unpaired) electrons. The minimum absolute atomic E-state index is 0.00585. The third-order valence-corrected chi connectivity index (χ3v) is 4.65. The van der Waals surface area contributed by atoms with Gasteiger partial charge in [0, 0.05) is 30.3 Å². The van der Waals surface area contributed by atoms with E-state index in [0.29, 0.717) is 37.5 Å². The minimum Gasteiger partial charge on any atom is -0.493 e. The number of amides is 1. The number of carbonyl (C=O) groups excluding carboxylic acids is 1. The lowest BCUT2D eigenvalue weighted by molar-refractivity contribution is -0.116. The van der Waals surface area contributed by atoms with Gasteiger partial charge in [-0.3, -0.25) is 4.79 Å². The Morgan fingerprint density at radius 1 is 1.15 bits per heavy atom. The lowest BCUT2D eigenvalue weighted by Gasteiger charge is -2.24. The third kappa shape index (κ3) is 4.78. The van der Waals surface area contributed by atoms with Crippen molar-refractivity contribution in [2.75, 3.05) is 25.6 Å². The summed E-state index contributed by atoms with van der Waals surface area (Å²) in [6.45, 7) is 2.80. The van der Waals surface area contributed by atoms with E-state index in [4.69, 9.17) is 9.47 Å². The Morgan fingerprint density at radius 3 is 2.70 bits per heavy atom. The number of anilines is 1. The first kappa shape index (κ1) is 19.2. The maximum Gasteiger partial charge on any atom is 0.224 e. The molecule has 144 valence electrons. The second kappa shape index (κ2) is 8.88. The molecular formula is C21H26N2O4. The molecule has 3 N–H and O–H groups in total. The highest BCUT2D eigenvalue weighted by Gasteiger charge is 2.21. The number of ether oxygens (including phenoxy) is 2. The van der Waals surface area contributed by atoms with E-state index in [1.165, 1.54) is 0 Å². The van der Waals surface area contributed by atoms with Gasteiger partial charge in [0.15, 0.2) is 11.5 Å². The van der Waals surface area contributed by atoms with Crippen LogP contribution < -0.4 is 20.1 Å². The highest BCUT2D eigenvalue weighted by molar-refractivity contribution is 5.94. The Bertz CT molecular complexity index is 794. The minimum atomic E-state index is -0.716. The number of para-hydroxylation sites is 3. The van der Waals surface area contributed by atoms with Crippen molar-refractivity contribution in [3.63, 3.8) is 0 Å². The number of methoxy groups -OCH3 is 1. The van der Waals surface area contributed by atoms with E-state index in [1.54, 1.807) is 7.11 Å². The average Bonchev–Trinajstić information content (AvgIpc) is 2.70. The van der Waals surface area contributed by atoms with Gasteiger partial charge < -0.3 is 25.2 Å². The molecule has 0 fully saturated rings. The van der Waals surface area contributed by atoms with E-state index in [2.05, 4.69) is 10.6 Å². The molecule has 0 aliphatic carbocycles. The summed E-state index contributed by atoms with van der Waals surface area (Å²) < 4.78 is 11.1. The van der Waals surface area contributed by atoms with Crippen LogP contribution in [0.3, 0.4) is 0 Å². The van der Waals surface area contributed by atoms with Gasteiger partial charge in [-0.05, 0) is 31.0 Å². The van der Waals surface area contributed by atoms with Gasteiger partial charge in [-0.1, -0.05) is 30.3 Å². The standard InChI is InChI=1S/C21H26N2O4/c1-14(13-27-19-9-4-3-8-18(19)26-2)22-12-17(24)16-7-5-6-15-10-11-20(25)23-21(15)16/h3-9,14,17,22,24H,10-13H2,1-2H3,(H,23,25). The molecule has 1 aliphatic rings. The van der Waals surface area contributed by atoms with Crippen LogP contribution in [0.25, 0.3) is 0 Å². The van der Waals surface area contributed by atoms with Crippen molar-refractivity contribution in [3.8, 4) is 11.5 Å². The molecule has 0 bridgehead atoms. The first-order valence-corrected chi connectivity index (χ1v) is 9.17. The van der Waals surface area contributed by atoms with Gasteiger partial charge in [-0.2, -0.15) is 0 Å². The van der Waals surface area contributed by atoms with Crippen LogP contribution in [0.15, 0.2) is 42.5 Å². The quantitative estimate of drug-likeness (QED) is 0.666. The van der Waals surface area contributed by atoms with Crippen molar-refractivity contribution in [2.45, 2.75) is 31.9 Å². The third-order valence-electron chi connectivity index (χ3n) is 4.65. The lowest BCUT2D eigenvalue weighted by atomic mass is 9.96. The van der Waals surface area contributed by atoms with Crippen molar-refractivity contribution in [3.05, 3.63) is 53.6 Å². The molecular weight excluding hydrogens is 344 g/mol. The van der Waals surface area contributed by atoms with Gasteiger partial charge >= 0.3 is 0 Å². The summed E-state index contributed by atoms with van der Waals surface area (Å²) in [4.78, 5) is 11.7. The van der Waals surface area contributed by atoms with Crippen LogP contribution in [0.2, 0.25) is 0 Å². The molecule has 1 amide bonds. The Morgan fingerprint density at radius 2 is 1.93 bits per heavy atom. The maximum atomic E-state index is 11.7. The molecule has 1 heterocycles. The molecule has 2 aromatic carbocycles. The maximum absolute atomic E-state index is 11.7. The fourth-order valence-electron chi connectivity index (χ4n) is 3.14. The number of fused-ring (bicyclic) bond motifs is 1. The van der Waals surface area contributed by atoms with Crippen molar-refractivity contribution in [2.24, 2.45) is 0 Å². The summed E-state index contributed by atoms with van der Waals surface area (Å²) in [6.07, 6.45) is 0.479. The normalized spacial score (nSPS) is 15.4. The van der Waals surface area contributed by atoms with Crippen molar-refractivity contribution < 1.29 is 19.4 Å². The molecule has 3 rings (SSSR count). The average molecular weight is 370 g/mol. The Balaban J connectivity index is 1.55. The predicted molar refractivity (Wildman–Crippen MR) is 104 cm³/mol. The lowest BCUT2D eigenvalue weighted by Crippen LogP contribution is -2.35. The zero-order valence-electron chi connectivity index (χ0n) is 15.7. The van der Waals surface area contributed by atoms with E-state index in [0.717, 1.165) is 16.8 Å². The van der Waals surface area contributed by atoms with Crippen LogP contribution in [0.1, 0.15) is 30.6 Å². The van der Waals surface area contributed by atoms with Gasteiger partial charge in [0.2, 0.25) is 5.91 Å². The monoisotopic (exact) mass is 370 g/mol. The second-order valence-electron chi connectivity index (χ2n) is 6.72. The molecule has 0 saturated carbocycles. The number of hydrogen-bond donors (Lipinski definition) is 3. The summed E-state index contributed by atoms with van der Waals surface area (Å²) >= 11 is 0. The van der Waals surface area contributed by atoms with Crippen LogP contribution in [-0.2, 0) is 11.2 Å². The smallest absolute Gasteiger partial charge is 0.224 e. The van der Waals surface area contributed by atoms with Crippen LogP contribution >= 0.6 is 0 Å². The molecule has 0 aromatic heterocycles. The molecule has 27 heavy (non-hydrogen) atoms.